The van der Waals surface area contributed by atoms with Crippen molar-refractivity contribution in [3.8, 4) is 17.1 Å². The molecule has 1 aromatic heterocycles. The zero-order valence-corrected chi connectivity index (χ0v) is 18.2. The third kappa shape index (κ3) is 3.00. The van der Waals surface area contributed by atoms with Crippen LogP contribution in [0.3, 0.4) is 0 Å². The summed E-state index contributed by atoms with van der Waals surface area (Å²) in [7, 11) is 1.71. The van der Waals surface area contributed by atoms with Crippen LogP contribution < -0.4 is 4.74 Å². The van der Waals surface area contributed by atoms with Crippen molar-refractivity contribution in [2.24, 2.45) is 0 Å². The summed E-state index contributed by atoms with van der Waals surface area (Å²) in [5, 5.41) is 0. The number of benzene rings is 2. The number of carbonyl (C=O) groups is 1. The number of methoxy groups -OCH3 is 1. The highest BCUT2D eigenvalue weighted by Gasteiger charge is 2.47. The molecule has 1 atom stereocenters. The van der Waals surface area contributed by atoms with Crippen LogP contribution in [0.4, 0.5) is 0 Å². The topological polar surface area (TPSA) is 47.4 Å². The van der Waals surface area contributed by atoms with Gasteiger partial charge in [-0.1, -0.05) is 42.0 Å². The molecule has 0 N–H and O–H groups in total. The van der Waals surface area contributed by atoms with Crippen LogP contribution in [0.2, 0.25) is 0 Å². The number of aromatic nitrogens is 2. The van der Waals surface area contributed by atoms with Gasteiger partial charge < -0.3 is 14.2 Å². The van der Waals surface area contributed by atoms with E-state index in [1.807, 2.05) is 43.3 Å². The monoisotopic (exact) mass is 403 g/mol. The van der Waals surface area contributed by atoms with Crippen molar-refractivity contribution in [1.82, 2.24) is 14.5 Å². The van der Waals surface area contributed by atoms with E-state index in [1.165, 1.54) is 5.56 Å². The van der Waals surface area contributed by atoms with E-state index in [0.29, 0.717) is 12.8 Å². The van der Waals surface area contributed by atoms with Gasteiger partial charge in [-0.2, -0.15) is 0 Å². The van der Waals surface area contributed by atoms with Gasteiger partial charge in [0.25, 0.3) is 0 Å². The Balaban J connectivity index is 1.91. The van der Waals surface area contributed by atoms with E-state index in [9.17, 15) is 4.79 Å². The van der Waals surface area contributed by atoms with E-state index >= 15 is 0 Å². The predicted octanol–water partition coefficient (Wildman–Crippen LogP) is 4.62. The van der Waals surface area contributed by atoms with Gasteiger partial charge in [-0.05, 0) is 38.8 Å². The molecule has 1 aliphatic heterocycles. The standard InChI is InChI=1S/C25H29N3O2/c1-5-27(6-2)22(29)14-15-25(19-12-10-18(3)11-13-19)23-20(8-7-9-21(23)30-4)24-26-16-17-28(24)25/h7-13,16-17H,5-6,14-15H2,1-4H3. The minimum atomic E-state index is -0.537. The minimum absolute atomic E-state index is 0.177. The summed E-state index contributed by atoms with van der Waals surface area (Å²) in [5.74, 6) is 1.92. The average Bonchev–Trinajstić information content (AvgIpc) is 3.35. The molecule has 1 unspecified atom stereocenters. The normalized spacial score (nSPS) is 16.8. The van der Waals surface area contributed by atoms with E-state index in [2.05, 4.69) is 46.8 Å². The Morgan fingerprint density at radius 2 is 1.87 bits per heavy atom. The summed E-state index contributed by atoms with van der Waals surface area (Å²) in [6.07, 6.45) is 4.95. The van der Waals surface area contributed by atoms with E-state index in [1.54, 1.807) is 7.11 Å². The van der Waals surface area contributed by atoms with Crippen LogP contribution in [0.1, 0.15) is 43.4 Å². The zero-order valence-electron chi connectivity index (χ0n) is 18.2. The molecule has 2 heterocycles. The second-order valence-corrected chi connectivity index (χ2v) is 7.80. The number of ether oxygens (including phenoxy) is 1. The fourth-order valence-electron chi connectivity index (χ4n) is 4.77. The second kappa shape index (κ2) is 7.98. The molecular weight excluding hydrogens is 374 g/mol. The van der Waals surface area contributed by atoms with Crippen LogP contribution in [-0.4, -0.2) is 40.6 Å². The molecule has 156 valence electrons. The lowest BCUT2D eigenvalue weighted by Gasteiger charge is -2.35. The van der Waals surface area contributed by atoms with Gasteiger partial charge in [0, 0.05) is 43.0 Å². The molecule has 5 heteroatoms. The molecule has 5 nitrogen and oxygen atoms in total. The van der Waals surface area contributed by atoms with E-state index in [-0.39, 0.29) is 5.91 Å². The number of rotatable bonds is 7. The number of hydrogen-bond donors (Lipinski definition) is 0. The number of carbonyl (C=O) groups excluding carboxylic acids is 1. The highest BCUT2D eigenvalue weighted by molar-refractivity contribution is 5.78. The molecular formula is C25H29N3O2. The van der Waals surface area contributed by atoms with Crippen LogP contribution in [0.15, 0.2) is 54.9 Å². The second-order valence-electron chi connectivity index (χ2n) is 7.80. The first-order valence-corrected chi connectivity index (χ1v) is 10.6. The first-order chi connectivity index (χ1) is 14.6. The fraction of sp³-hybridized carbons (Fsp3) is 0.360. The molecule has 0 fully saturated rings. The van der Waals surface area contributed by atoms with Crippen molar-refractivity contribution in [2.45, 2.75) is 39.2 Å². The van der Waals surface area contributed by atoms with Gasteiger partial charge in [-0.15, -0.1) is 0 Å². The zero-order chi connectivity index (χ0) is 21.3. The van der Waals surface area contributed by atoms with Gasteiger partial charge >= 0.3 is 0 Å². The van der Waals surface area contributed by atoms with Crippen LogP contribution in [0.25, 0.3) is 11.4 Å². The third-order valence-electron chi connectivity index (χ3n) is 6.30. The Kier molecular flexibility index (Phi) is 5.37. The van der Waals surface area contributed by atoms with Crippen molar-refractivity contribution < 1.29 is 9.53 Å². The predicted molar refractivity (Wildman–Crippen MR) is 119 cm³/mol. The number of nitrogens with zero attached hydrogens (tertiary/aromatic N) is 3. The van der Waals surface area contributed by atoms with E-state index in [0.717, 1.165) is 41.4 Å². The summed E-state index contributed by atoms with van der Waals surface area (Å²) in [6.45, 7) is 7.59. The smallest absolute Gasteiger partial charge is 0.222 e. The van der Waals surface area contributed by atoms with Gasteiger partial charge in [0.05, 0.1) is 7.11 Å². The van der Waals surface area contributed by atoms with Crippen LogP contribution >= 0.6 is 0 Å². The quantitative estimate of drug-likeness (QED) is 0.578. The summed E-state index contributed by atoms with van der Waals surface area (Å²) < 4.78 is 8.04. The molecule has 1 amide bonds. The number of imidazole rings is 1. The van der Waals surface area contributed by atoms with Crippen molar-refractivity contribution >= 4 is 5.91 Å². The van der Waals surface area contributed by atoms with Crippen LogP contribution in [-0.2, 0) is 10.3 Å². The maximum atomic E-state index is 13.0. The third-order valence-corrected chi connectivity index (χ3v) is 6.30. The Bertz CT molecular complexity index is 1050. The Labute approximate surface area is 178 Å². The highest BCUT2D eigenvalue weighted by atomic mass is 16.5. The molecule has 0 saturated carbocycles. The lowest BCUT2D eigenvalue weighted by Crippen LogP contribution is -2.37. The largest absolute Gasteiger partial charge is 0.496 e. The average molecular weight is 404 g/mol. The number of amides is 1. The van der Waals surface area contributed by atoms with Gasteiger partial charge in [-0.25, -0.2) is 4.98 Å². The van der Waals surface area contributed by atoms with Crippen LogP contribution in [0, 0.1) is 6.92 Å². The van der Waals surface area contributed by atoms with Gasteiger partial charge in [0.2, 0.25) is 5.91 Å². The Morgan fingerprint density at radius 3 is 2.53 bits per heavy atom. The SMILES string of the molecule is CCN(CC)C(=O)CCC1(c2ccc(C)cc2)c2c(OC)cccc2-c2nccn21. The number of hydrogen-bond acceptors (Lipinski definition) is 3. The number of fused-ring (bicyclic) bond motifs is 3. The molecule has 0 bridgehead atoms. The fourth-order valence-corrected chi connectivity index (χ4v) is 4.77. The summed E-state index contributed by atoms with van der Waals surface area (Å²) in [5.41, 5.74) is 3.96. The van der Waals surface area contributed by atoms with Crippen molar-refractivity contribution in [3.63, 3.8) is 0 Å². The van der Waals surface area contributed by atoms with Crippen molar-refractivity contribution in [3.05, 3.63) is 71.5 Å². The van der Waals surface area contributed by atoms with E-state index in [4.69, 9.17) is 4.74 Å². The van der Waals surface area contributed by atoms with Gasteiger partial charge in [0.1, 0.15) is 17.1 Å². The summed E-state index contributed by atoms with van der Waals surface area (Å²) in [6, 6.07) is 14.7. The van der Waals surface area contributed by atoms with Gasteiger partial charge in [-0.3, -0.25) is 4.79 Å². The lowest BCUT2D eigenvalue weighted by molar-refractivity contribution is -0.131. The van der Waals surface area contributed by atoms with Crippen LogP contribution in [0.5, 0.6) is 5.75 Å². The molecule has 4 rings (SSSR count). The summed E-state index contributed by atoms with van der Waals surface area (Å²) >= 11 is 0. The van der Waals surface area contributed by atoms with Gasteiger partial charge in [0.15, 0.2) is 0 Å². The molecule has 0 spiro atoms. The van der Waals surface area contributed by atoms with Crippen molar-refractivity contribution in [2.75, 3.05) is 20.2 Å². The minimum Gasteiger partial charge on any atom is -0.496 e. The highest BCUT2D eigenvalue weighted by Crippen LogP contribution is 2.53. The molecule has 2 aromatic carbocycles. The first-order valence-electron chi connectivity index (χ1n) is 10.6. The molecule has 0 aliphatic carbocycles. The maximum Gasteiger partial charge on any atom is 0.222 e. The first kappa shape index (κ1) is 20.2. The van der Waals surface area contributed by atoms with Crippen molar-refractivity contribution in [1.29, 1.82) is 0 Å². The molecule has 30 heavy (non-hydrogen) atoms. The van der Waals surface area contributed by atoms with E-state index < -0.39 is 5.54 Å². The summed E-state index contributed by atoms with van der Waals surface area (Å²) in [4.78, 5) is 19.5. The number of aryl methyl sites for hydroxylation is 1. The lowest BCUT2D eigenvalue weighted by atomic mass is 9.78. The Hall–Kier alpha value is -3.08. The molecule has 0 saturated heterocycles. The molecule has 0 radical (unpaired) electrons. The molecule has 3 aromatic rings. The molecule has 1 aliphatic rings. The Morgan fingerprint density at radius 1 is 1.13 bits per heavy atom. The maximum absolute atomic E-state index is 13.0.